The zero-order chi connectivity index (χ0) is 18.3. The number of rotatable bonds is 4. The van der Waals surface area contributed by atoms with Crippen LogP contribution in [0.3, 0.4) is 0 Å². The van der Waals surface area contributed by atoms with Crippen molar-refractivity contribution in [2.24, 2.45) is 0 Å². The lowest BCUT2D eigenvalue weighted by Crippen LogP contribution is -2.37. The van der Waals surface area contributed by atoms with Crippen LogP contribution in [0.2, 0.25) is 0 Å². The van der Waals surface area contributed by atoms with Crippen LogP contribution < -0.4 is 10.2 Å². The zero-order valence-electron chi connectivity index (χ0n) is 15.1. The number of hydrogen-bond donors (Lipinski definition) is 1. The Morgan fingerprint density at radius 2 is 2.19 bits per heavy atom. The SMILES string of the molecule is CC(C)NC(=O)Cc1cn2c(n1)[C@H](C)N(c1ccc3nncn3n1)CC2. The van der Waals surface area contributed by atoms with Crippen molar-refractivity contribution >= 4 is 17.4 Å². The van der Waals surface area contributed by atoms with Gasteiger partial charge in [-0.3, -0.25) is 4.79 Å². The molecule has 1 N–H and O–H groups in total. The van der Waals surface area contributed by atoms with Gasteiger partial charge < -0.3 is 14.8 Å². The molecule has 0 fully saturated rings. The summed E-state index contributed by atoms with van der Waals surface area (Å²) in [5.41, 5.74) is 1.52. The van der Waals surface area contributed by atoms with Gasteiger partial charge in [-0.2, -0.15) is 4.52 Å². The smallest absolute Gasteiger partial charge is 0.226 e. The Kier molecular flexibility index (Phi) is 4.06. The highest BCUT2D eigenvalue weighted by Gasteiger charge is 2.28. The summed E-state index contributed by atoms with van der Waals surface area (Å²) in [5, 5.41) is 15.4. The van der Waals surface area contributed by atoms with Crippen LogP contribution in [0.1, 0.15) is 38.3 Å². The Labute approximate surface area is 151 Å². The maximum absolute atomic E-state index is 12.0. The molecule has 0 saturated carbocycles. The Balaban J connectivity index is 1.56. The van der Waals surface area contributed by atoms with E-state index in [1.54, 1.807) is 10.8 Å². The molecule has 0 aliphatic carbocycles. The first-order valence-corrected chi connectivity index (χ1v) is 8.80. The average molecular weight is 354 g/mol. The average Bonchev–Trinajstić information content (AvgIpc) is 3.20. The standard InChI is InChI=1S/C17H22N8O/c1-11(2)19-16(26)8-13-9-23-6-7-24(12(3)17(23)20-13)15-5-4-14-21-18-10-25(14)22-15/h4-5,9-12H,6-8H2,1-3H3,(H,19,26)/t12-/m0/s1. The Bertz CT molecular complexity index is 943. The molecule has 1 atom stereocenters. The van der Waals surface area contributed by atoms with Crippen LogP contribution in [0.4, 0.5) is 5.82 Å². The van der Waals surface area contributed by atoms with Crippen molar-refractivity contribution in [2.45, 2.75) is 45.8 Å². The van der Waals surface area contributed by atoms with Crippen molar-refractivity contribution in [3.05, 3.63) is 36.2 Å². The second-order valence-corrected chi connectivity index (χ2v) is 6.88. The molecule has 4 rings (SSSR count). The highest BCUT2D eigenvalue weighted by Crippen LogP contribution is 2.28. The van der Waals surface area contributed by atoms with Gasteiger partial charge in [0, 0.05) is 25.3 Å². The van der Waals surface area contributed by atoms with Crippen molar-refractivity contribution in [1.29, 1.82) is 0 Å². The molecule has 1 amide bonds. The molecule has 3 aromatic rings. The number of carbonyl (C=O) groups excluding carboxylic acids is 1. The predicted octanol–water partition coefficient (Wildman–Crippen LogP) is 0.969. The molecule has 0 spiro atoms. The fraction of sp³-hybridized carbons (Fsp3) is 0.471. The fourth-order valence-electron chi connectivity index (χ4n) is 3.35. The number of fused-ring (bicyclic) bond motifs is 2. The molecular formula is C17H22N8O. The normalized spacial score (nSPS) is 16.9. The lowest BCUT2D eigenvalue weighted by atomic mass is 10.2. The van der Waals surface area contributed by atoms with Crippen LogP contribution in [-0.4, -0.2) is 47.9 Å². The van der Waals surface area contributed by atoms with E-state index >= 15 is 0 Å². The summed E-state index contributed by atoms with van der Waals surface area (Å²) in [6.45, 7) is 7.64. The zero-order valence-corrected chi connectivity index (χ0v) is 15.1. The molecule has 0 unspecified atom stereocenters. The third-order valence-electron chi connectivity index (χ3n) is 4.51. The van der Waals surface area contributed by atoms with Gasteiger partial charge in [-0.1, -0.05) is 0 Å². The van der Waals surface area contributed by atoms with Gasteiger partial charge in [0.2, 0.25) is 5.91 Å². The third kappa shape index (κ3) is 3.00. The van der Waals surface area contributed by atoms with Gasteiger partial charge in [0.05, 0.1) is 18.2 Å². The summed E-state index contributed by atoms with van der Waals surface area (Å²) in [6.07, 6.45) is 3.88. The summed E-state index contributed by atoms with van der Waals surface area (Å²) in [7, 11) is 0. The number of amides is 1. The van der Waals surface area contributed by atoms with E-state index in [4.69, 9.17) is 4.98 Å². The molecule has 26 heavy (non-hydrogen) atoms. The van der Waals surface area contributed by atoms with Gasteiger partial charge >= 0.3 is 0 Å². The number of aromatic nitrogens is 6. The van der Waals surface area contributed by atoms with Crippen LogP contribution in [0.5, 0.6) is 0 Å². The molecule has 0 bridgehead atoms. The van der Waals surface area contributed by atoms with E-state index in [0.717, 1.165) is 36.1 Å². The van der Waals surface area contributed by atoms with Gasteiger partial charge in [0.25, 0.3) is 0 Å². The molecule has 1 aliphatic heterocycles. The number of carbonyl (C=O) groups is 1. The van der Waals surface area contributed by atoms with E-state index in [0.29, 0.717) is 6.42 Å². The van der Waals surface area contributed by atoms with Crippen LogP contribution in [0.25, 0.3) is 5.65 Å². The van der Waals surface area contributed by atoms with E-state index < -0.39 is 0 Å². The van der Waals surface area contributed by atoms with Gasteiger partial charge in [-0.25, -0.2) is 4.98 Å². The molecule has 136 valence electrons. The molecule has 3 aromatic heterocycles. The monoisotopic (exact) mass is 354 g/mol. The number of nitrogens with one attached hydrogen (secondary N) is 1. The summed E-state index contributed by atoms with van der Waals surface area (Å²) >= 11 is 0. The molecular weight excluding hydrogens is 332 g/mol. The Hall–Kier alpha value is -2.97. The van der Waals surface area contributed by atoms with E-state index in [2.05, 4.69) is 37.0 Å². The quantitative estimate of drug-likeness (QED) is 0.750. The number of hydrogen-bond acceptors (Lipinski definition) is 6. The maximum Gasteiger partial charge on any atom is 0.226 e. The molecule has 1 aliphatic rings. The summed E-state index contributed by atoms with van der Waals surface area (Å²) in [4.78, 5) is 18.9. The predicted molar refractivity (Wildman–Crippen MR) is 95.8 cm³/mol. The van der Waals surface area contributed by atoms with E-state index in [-0.39, 0.29) is 18.0 Å². The summed E-state index contributed by atoms with van der Waals surface area (Å²) < 4.78 is 3.81. The first-order valence-electron chi connectivity index (χ1n) is 8.80. The van der Waals surface area contributed by atoms with Crippen LogP contribution in [0, 0.1) is 0 Å². The van der Waals surface area contributed by atoms with Crippen molar-refractivity contribution in [1.82, 2.24) is 34.7 Å². The highest BCUT2D eigenvalue weighted by atomic mass is 16.1. The molecule has 9 nitrogen and oxygen atoms in total. The molecule has 4 heterocycles. The number of imidazole rings is 1. The lowest BCUT2D eigenvalue weighted by molar-refractivity contribution is -0.120. The van der Waals surface area contributed by atoms with Crippen molar-refractivity contribution in [2.75, 3.05) is 11.4 Å². The van der Waals surface area contributed by atoms with Crippen molar-refractivity contribution in [3.63, 3.8) is 0 Å². The lowest BCUT2D eigenvalue weighted by Gasteiger charge is -2.34. The van der Waals surface area contributed by atoms with Gasteiger partial charge in [-0.15, -0.1) is 15.3 Å². The number of anilines is 1. The Morgan fingerprint density at radius 3 is 3.00 bits per heavy atom. The molecule has 0 radical (unpaired) electrons. The summed E-state index contributed by atoms with van der Waals surface area (Å²) in [6, 6.07) is 4.06. The van der Waals surface area contributed by atoms with Gasteiger partial charge in [0.15, 0.2) is 5.65 Å². The second-order valence-electron chi connectivity index (χ2n) is 6.88. The minimum atomic E-state index is -0.000294. The maximum atomic E-state index is 12.0. The third-order valence-corrected chi connectivity index (χ3v) is 4.51. The van der Waals surface area contributed by atoms with Crippen LogP contribution >= 0.6 is 0 Å². The van der Waals surface area contributed by atoms with E-state index in [9.17, 15) is 4.79 Å². The largest absolute Gasteiger partial charge is 0.354 e. The van der Waals surface area contributed by atoms with Gasteiger partial charge in [0.1, 0.15) is 18.0 Å². The van der Waals surface area contributed by atoms with Gasteiger partial charge in [-0.05, 0) is 32.9 Å². The molecule has 0 aromatic carbocycles. The minimum Gasteiger partial charge on any atom is -0.354 e. The highest BCUT2D eigenvalue weighted by molar-refractivity contribution is 5.78. The van der Waals surface area contributed by atoms with Crippen LogP contribution in [-0.2, 0) is 17.8 Å². The Morgan fingerprint density at radius 1 is 1.35 bits per heavy atom. The molecule has 0 saturated heterocycles. The summed E-state index contributed by atoms with van der Waals surface area (Å²) in [5.74, 6) is 1.81. The van der Waals surface area contributed by atoms with Crippen molar-refractivity contribution in [3.8, 4) is 0 Å². The van der Waals surface area contributed by atoms with Crippen molar-refractivity contribution < 1.29 is 4.79 Å². The fourth-order valence-corrected chi connectivity index (χ4v) is 3.35. The topological polar surface area (TPSA) is 93.2 Å². The van der Waals surface area contributed by atoms with Crippen LogP contribution in [0.15, 0.2) is 24.7 Å². The first kappa shape index (κ1) is 16.5. The molecule has 9 heteroatoms. The van der Waals surface area contributed by atoms with E-state index in [1.807, 2.05) is 32.2 Å². The number of nitrogens with zero attached hydrogens (tertiary/aromatic N) is 7. The second kappa shape index (κ2) is 6.40. The minimum absolute atomic E-state index is 0.000294. The first-order chi connectivity index (χ1) is 12.5. The van der Waals surface area contributed by atoms with E-state index in [1.165, 1.54) is 0 Å².